The first-order valence-corrected chi connectivity index (χ1v) is 10.7. The highest BCUT2D eigenvalue weighted by Crippen LogP contribution is 2.32. The standard InChI is InChI=1S/C19H13Cl3N2O4S/c20-12-6-4-11(5-7-12)19(26)23-16-10-13(8-9-17(16)25)24-29(27,28)18-14(21)2-1-3-15(18)22/h1-10,24-25H,(H,23,26). The van der Waals surface area contributed by atoms with Gasteiger partial charge in [-0.05, 0) is 54.6 Å². The Morgan fingerprint density at radius 2 is 1.52 bits per heavy atom. The number of rotatable bonds is 5. The van der Waals surface area contributed by atoms with Crippen molar-refractivity contribution in [3.63, 3.8) is 0 Å². The van der Waals surface area contributed by atoms with Gasteiger partial charge in [0.2, 0.25) is 0 Å². The molecule has 3 aromatic carbocycles. The van der Waals surface area contributed by atoms with Crippen LogP contribution in [0.2, 0.25) is 15.1 Å². The first kappa shape index (κ1) is 21.3. The zero-order valence-corrected chi connectivity index (χ0v) is 17.6. The van der Waals surface area contributed by atoms with Crippen LogP contribution in [0.5, 0.6) is 5.75 Å². The molecule has 3 N–H and O–H groups in total. The summed E-state index contributed by atoms with van der Waals surface area (Å²) in [6, 6.07) is 14.3. The van der Waals surface area contributed by atoms with Crippen molar-refractivity contribution in [1.82, 2.24) is 0 Å². The summed E-state index contributed by atoms with van der Waals surface area (Å²) in [4.78, 5) is 12.1. The third-order valence-electron chi connectivity index (χ3n) is 3.79. The summed E-state index contributed by atoms with van der Waals surface area (Å²) in [6.07, 6.45) is 0. The second-order valence-corrected chi connectivity index (χ2v) is 8.72. The summed E-state index contributed by atoms with van der Waals surface area (Å²) in [6.45, 7) is 0. The van der Waals surface area contributed by atoms with Crippen molar-refractivity contribution in [2.75, 3.05) is 10.0 Å². The van der Waals surface area contributed by atoms with E-state index in [2.05, 4.69) is 10.0 Å². The van der Waals surface area contributed by atoms with Gasteiger partial charge in [-0.3, -0.25) is 9.52 Å². The fourth-order valence-corrected chi connectivity index (χ4v) is 4.76. The van der Waals surface area contributed by atoms with E-state index in [1.807, 2.05) is 0 Å². The molecule has 0 aromatic heterocycles. The molecule has 3 aromatic rings. The number of carbonyl (C=O) groups excluding carboxylic acids is 1. The molecule has 1 amide bonds. The highest BCUT2D eigenvalue weighted by Gasteiger charge is 2.22. The van der Waals surface area contributed by atoms with Crippen LogP contribution >= 0.6 is 34.8 Å². The lowest BCUT2D eigenvalue weighted by Gasteiger charge is -2.13. The van der Waals surface area contributed by atoms with E-state index in [1.165, 1.54) is 48.5 Å². The molecule has 0 aliphatic rings. The average Bonchev–Trinajstić information content (AvgIpc) is 2.64. The molecule has 0 aliphatic heterocycles. The predicted octanol–water partition coefficient (Wildman–Crippen LogP) is 5.41. The number of hydrogen-bond donors (Lipinski definition) is 3. The fourth-order valence-electron chi connectivity index (χ4n) is 2.44. The number of sulfonamides is 1. The van der Waals surface area contributed by atoms with Gasteiger partial charge in [-0.25, -0.2) is 8.42 Å². The second kappa shape index (κ2) is 8.51. The van der Waals surface area contributed by atoms with E-state index < -0.39 is 15.9 Å². The molecule has 0 radical (unpaired) electrons. The van der Waals surface area contributed by atoms with E-state index in [-0.39, 0.29) is 32.1 Å². The average molecular weight is 472 g/mol. The van der Waals surface area contributed by atoms with Gasteiger partial charge < -0.3 is 10.4 Å². The summed E-state index contributed by atoms with van der Waals surface area (Å²) in [5, 5.41) is 12.9. The molecule has 0 atom stereocenters. The van der Waals surface area contributed by atoms with Crippen molar-refractivity contribution in [3.8, 4) is 5.75 Å². The number of hydrogen-bond acceptors (Lipinski definition) is 4. The van der Waals surface area contributed by atoms with Crippen LogP contribution in [0, 0.1) is 0 Å². The van der Waals surface area contributed by atoms with Gasteiger partial charge in [-0.2, -0.15) is 0 Å². The third kappa shape index (κ3) is 4.94. The van der Waals surface area contributed by atoms with Gasteiger partial charge in [-0.15, -0.1) is 0 Å². The smallest absolute Gasteiger partial charge is 0.264 e. The van der Waals surface area contributed by atoms with E-state index in [9.17, 15) is 18.3 Å². The van der Waals surface area contributed by atoms with Crippen LogP contribution in [-0.4, -0.2) is 19.4 Å². The lowest BCUT2D eigenvalue weighted by atomic mass is 10.2. The quantitative estimate of drug-likeness (QED) is 0.343. The van der Waals surface area contributed by atoms with Crippen molar-refractivity contribution < 1.29 is 18.3 Å². The molecule has 10 heteroatoms. The molecule has 0 saturated heterocycles. The molecule has 0 spiro atoms. The maximum absolute atomic E-state index is 12.7. The van der Waals surface area contributed by atoms with Crippen molar-refractivity contribution in [2.24, 2.45) is 0 Å². The maximum Gasteiger partial charge on any atom is 0.264 e. The molecule has 0 unspecified atom stereocenters. The minimum atomic E-state index is -4.11. The van der Waals surface area contributed by atoms with Crippen LogP contribution in [0.3, 0.4) is 0 Å². The number of amides is 1. The Morgan fingerprint density at radius 3 is 2.14 bits per heavy atom. The summed E-state index contributed by atoms with van der Waals surface area (Å²) < 4.78 is 27.7. The molecule has 0 saturated carbocycles. The number of phenolic OH excluding ortho intramolecular Hbond substituents is 1. The highest BCUT2D eigenvalue weighted by atomic mass is 35.5. The van der Waals surface area contributed by atoms with E-state index in [4.69, 9.17) is 34.8 Å². The number of phenols is 1. The van der Waals surface area contributed by atoms with Gasteiger partial charge in [0.05, 0.1) is 21.4 Å². The van der Waals surface area contributed by atoms with Crippen LogP contribution in [-0.2, 0) is 10.0 Å². The first-order valence-electron chi connectivity index (χ1n) is 8.04. The van der Waals surface area contributed by atoms with Crippen LogP contribution in [0.15, 0.2) is 65.6 Å². The van der Waals surface area contributed by atoms with Crippen molar-refractivity contribution in [2.45, 2.75) is 4.90 Å². The molecule has 0 bridgehead atoms. The van der Waals surface area contributed by atoms with Gasteiger partial charge in [0, 0.05) is 10.6 Å². The van der Waals surface area contributed by atoms with Crippen molar-refractivity contribution >= 4 is 62.1 Å². The number of carbonyl (C=O) groups is 1. The number of anilines is 2. The minimum Gasteiger partial charge on any atom is -0.506 e. The number of nitrogens with one attached hydrogen (secondary N) is 2. The van der Waals surface area contributed by atoms with Crippen molar-refractivity contribution in [1.29, 1.82) is 0 Å². The Labute approximate surface area is 182 Å². The molecule has 29 heavy (non-hydrogen) atoms. The Kier molecular flexibility index (Phi) is 6.24. The lowest BCUT2D eigenvalue weighted by Crippen LogP contribution is -2.15. The fraction of sp³-hybridized carbons (Fsp3) is 0. The molecule has 0 fully saturated rings. The Bertz CT molecular complexity index is 1160. The minimum absolute atomic E-state index is 0.00963. The monoisotopic (exact) mass is 470 g/mol. The molecule has 0 aliphatic carbocycles. The van der Waals surface area contributed by atoms with E-state index >= 15 is 0 Å². The van der Waals surface area contributed by atoms with Gasteiger partial charge in [0.15, 0.2) is 0 Å². The Balaban J connectivity index is 1.87. The first-order chi connectivity index (χ1) is 13.7. The highest BCUT2D eigenvalue weighted by molar-refractivity contribution is 7.93. The van der Waals surface area contributed by atoms with Gasteiger partial charge >= 0.3 is 0 Å². The Hall–Kier alpha value is -2.45. The zero-order chi connectivity index (χ0) is 21.2. The topological polar surface area (TPSA) is 95.5 Å². The van der Waals surface area contributed by atoms with Crippen LogP contribution in [0.1, 0.15) is 10.4 Å². The van der Waals surface area contributed by atoms with Crippen LogP contribution < -0.4 is 10.0 Å². The third-order valence-corrected chi connectivity index (χ3v) is 6.38. The van der Waals surface area contributed by atoms with Crippen LogP contribution in [0.4, 0.5) is 11.4 Å². The molecule has 150 valence electrons. The largest absolute Gasteiger partial charge is 0.506 e. The zero-order valence-electron chi connectivity index (χ0n) is 14.5. The molecule has 6 nitrogen and oxygen atoms in total. The molecular weight excluding hydrogens is 459 g/mol. The van der Waals surface area contributed by atoms with Crippen molar-refractivity contribution in [3.05, 3.63) is 81.3 Å². The Morgan fingerprint density at radius 1 is 0.897 bits per heavy atom. The molecule has 0 heterocycles. The van der Waals surface area contributed by atoms with E-state index in [0.29, 0.717) is 10.6 Å². The normalized spacial score (nSPS) is 11.1. The summed E-state index contributed by atoms with van der Waals surface area (Å²) in [5.74, 6) is -0.753. The molecule has 3 rings (SSSR count). The predicted molar refractivity (Wildman–Crippen MR) is 115 cm³/mol. The van der Waals surface area contributed by atoms with E-state index in [0.717, 1.165) is 0 Å². The van der Waals surface area contributed by atoms with Crippen LogP contribution in [0.25, 0.3) is 0 Å². The van der Waals surface area contributed by atoms with Gasteiger partial charge in [0.25, 0.3) is 15.9 Å². The maximum atomic E-state index is 12.7. The molecular formula is C19H13Cl3N2O4S. The van der Waals surface area contributed by atoms with Gasteiger partial charge in [-0.1, -0.05) is 40.9 Å². The van der Waals surface area contributed by atoms with Gasteiger partial charge in [0.1, 0.15) is 10.6 Å². The number of halogens is 3. The SMILES string of the molecule is O=C(Nc1cc(NS(=O)(=O)c2c(Cl)cccc2Cl)ccc1O)c1ccc(Cl)cc1. The number of aromatic hydroxyl groups is 1. The second-order valence-electron chi connectivity index (χ2n) is 5.85. The number of benzene rings is 3. The summed E-state index contributed by atoms with van der Waals surface area (Å²) >= 11 is 17.8. The lowest BCUT2D eigenvalue weighted by molar-refractivity contribution is 0.102. The summed E-state index contributed by atoms with van der Waals surface area (Å²) in [5.41, 5.74) is 0.406. The van der Waals surface area contributed by atoms with E-state index in [1.54, 1.807) is 12.1 Å². The summed E-state index contributed by atoms with van der Waals surface area (Å²) in [7, 11) is -4.11.